The number of fused-ring (bicyclic) bond motifs is 5. The maximum absolute atomic E-state index is 12.9. The highest BCUT2D eigenvalue weighted by molar-refractivity contribution is 5.91. The van der Waals surface area contributed by atoms with E-state index in [9.17, 15) is 24.3 Å². The first-order valence-electron chi connectivity index (χ1n) is 15.1. The van der Waals surface area contributed by atoms with Crippen LogP contribution in [0.4, 0.5) is 0 Å². The van der Waals surface area contributed by atoms with Crippen LogP contribution in [0.2, 0.25) is 0 Å². The zero-order valence-corrected chi connectivity index (χ0v) is 23.8. The summed E-state index contributed by atoms with van der Waals surface area (Å²) in [5, 5.41) is 12.1. The summed E-state index contributed by atoms with van der Waals surface area (Å²) >= 11 is 0. The van der Waals surface area contributed by atoms with Crippen molar-refractivity contribution in [3.8, 4) is 0 Å². The molecule has 0 aromatic heterocycles. The number of ketones is 1. The molecule has 4 aliphatic rings. The molecular formula is C33H43NO6. The van der Waals surface area contributed by atoms with Crippen molar-refractivity contribution in [1.82, 2.24) is 5.32 Å². The number of rotatable bonds is 9. The monoisotopic (exact) mass is 549 g/mol. The lowest BCUT2D eigenvalue weighted by molar-refractivity contribution is -0.160. The van der Waals surface area contributed by atoms with Crippen LogP contribution < -0.4 is 5.32 Å². The Morgan fingerprint density at radius 1 is 1.00 bits per heavy atom. The Morgan fingerprint density at radius 2 is 1.77 bits per heavy atom. The molecule has 0 radical (unpaired) electrons. The molecule has 1 aromatic rings. The molecule has 7 nitrogen and oxygen atoms in total. The standard InChI is InChI=1S/C33H43NO6/c1-32-16-14-24(35)19-23(32)8-9-25-26-10-11-28(33(26,2)17-15-27(25)32)40-31(39)13-12-29(36)34-20-22(18-30(37)38)21-6-4-3-5-7-21/h3-7,19,22,25-28H,8-18,20H2,1-2H3,(H,34,36)(H,37,38)/t22-,25+,26+,27-,28+,32+,33+/m1/s1. The van der Waals surface area contributed by atoms with Crippen molar-refractivity contribution >= 4 is 23.6 Å². The highest BCUT2D eigenvalue weighted by Crippen LogP contribution is 2.65. The maximum atomic E-state index is 12.9. The number of nitrogens with one attached hydrogen (secondary N) is 1. The Labute approximate surface area is 237 Å². The summed E-state index contributed by atoms with van der Waals surface area (Å²) in [6.45, 7) is 4.89. The van der Waals surface area contributed by atoms with Gasteiger partial charge in [0.25, 0.3) is 0 Å². The van der Waals surface area contributed by atoms with Crippen molar-refractivity contribution < 1.29 is 29.0 Å². The van der Waals surface area contributed by atoms with Crippen molar-refractivity contribution in [3.63, 3.8) is 0 Å². The van der Waals surface area contributed by atoms with Crippen molar-refractivity contribution in [1.29, 1.82) is 0 Å². The number of hydrogen-bond acceptors (Lipinski definition) is 5. The normalized spacial score (nSPS) is 33.5. The van der Waals surface area contributed by atoms with Gasteiger partial charge in [0.05, 0.1) is 12.8 Å². The number of allylic oxidation sites excluding steroid dienone is 1. The van der Waals surface area contributed by atoms with Crippen LogP contribution in [0, 0.1) is 28.6 Å². The van der Waals surface area contributed by atoms with Crippen LogP contribution in [0.3, 0.4) is 0 Å². The van der Waals surface area contributed by atoms with Crippen LogP contribution >= 0.6 is 0 Å². The highest BCUT2D eigenvalue weighted by atomic mass is 16.5. The number of esters is 1. The molecule has 0 heterocycles. The Kier molecular flexibility index (Phi) is 8.21. The van der Waals surface area contributed by atoms with Crippen molar-refractivity contribution in [2.24, 2.45) is 28.6 Å². The third kappa shape index (κ3) is 5.61. The molecule has 4 aliphatic carbocycles. The molecule has 0 saturated heterocycles. The fourth-order valence-electron chi connectivity index (χ4n) is 8.71. The Morgan fingerprint density at radius 3 is 2.52 bits per heavy atom. The number of carboxylic acids is 1. The summed E-state index contributed by atoms with van der Waals surface area (Å²) in [6, 6.07) is 9.29. The van der Waals surface area contributed by atoms with E-state index in [2.05, 4.69) is 19.2 Å². The van der Waals surface area contributed by atoms with Crippen molar-refractivity contribution in [2.45, 2.75) is 96.5 Å². The summed E-state index contributed by atoms with van der Waals surface area (Å²) in [7, 11) is 0. The highest BCUT2D eigenvalue weighted by Gasteiger charge is 2.59. The number of carboxylic acid groups (broad SMARTS) is 1. The van der Waals surface area contributed by atoms with E-state index in [1.807, 2.05) is 36.4 Å². The third-order valence-electron chi connectivity index (χ3n) is 10.9. The summed E-state index contributed by atoms with van der Waals surface area (Å²) in [4.78, 5) is 48.8. The van der Waals surface area contributed by atoms with Gasteiger partial charge in [-0.15, -0.1) is 0 Å². The molecule has 40 heavy (non-hydrogen) atoms. The number of aliphatic carboxylic acids is 1. The van der Waals surface area contributed by atoms with Gasteiger partial charge < -0.3 is 15.2 Å². The number of amides is 1. The molecule has 1 aromatic carbocycles. The Balaban J connectivity index is 1.13. The first kappa shape index (κ1) is 28.6. The second-order valence-electron chi connectivity index (χ2n) is 13.1. The number of carbonyl (C=O) groups is 4. The van der Waals surface area contributed by atoms with E-state index in [1.165, 1.54) is 5.57 Å². The largest absolute Gasteiger partial charge is 0.481 e. The van der Waals surface area contributed by atoms with E-state index in [-0.39, 0.29) is 66.3 Å². The average molecular weight is 550 g/mol. The minimum atomic E-state index is -0.919. The van der Waals surface area contributed by atoms with Gasteiger partial charge in [-0.1, -0.05) is 49.8 Å². The van der Waals surface area contributed by atoms with Gasteiger partial charge in [0.2, 0.25) is 5.91 Å². The van der Waals surface area contributed by atoms with E-state index in [0.29, 0.717) is 24.2 Å². The van der Waals surface area contributed by atoms with Crippen LogP contribution in [0.1, 0.15) is 96.0 Å². The molecule has 7 atom stereocenters. The molecule has 3 fully saturated rings. The van der Waals surface area contributed by atoms with Crippen LogP contribution in [-0.2, 0) is 23.9 Å². The molecule has 0 spiro atoms. The molecule has 7 heteroatoms. The van der Waals surface area contributed by atoms with E-state index in [0.717, 1.165) is 50.5 Å². The molecule has 3 saturated carbocycles. The number of hydrogen-bond donors (Lipinski definition) is 2. The van der Waals surface area contributed by atoms with E-state index >= 15 is 0 Å². The minimum Gasteiger partial charge on any atom is -0.481 e. The van der Waals surface area contributed by atoms with Gasteiger partial charge >= 0.3 is 11.9 Å². The van der Waals surface area contributed by atoms with Gasteiger partial charge in [0, 0.05) is 30.7 Å². The molecule has 216 valence electrons. The first-order valence-corrected chi connectivity index (χ1v) is 15.1. The fourth-order valence-corrected chi connectivity index (χ4v) is 8.71. The second kappa shape index (κ2) is 11.5. The van der Waals surface area contributed by atoms with Gasteiger partial charge in [0.15, 0.2) is 5.78 Å². The average Bonchev–Trinajstić information content (AvgIpc) is 3.26. The third-order valence-corrected chi connectivity index (χ3v) is 10.9. The number of benzene rings is 1. The molecule has 5 rings (SSSR count). The molecule has 0 unspecified atom stereocenters. The van der Waals surface area contributed by atoms with E-state index in [1.54, 1.807) is 0 Å². The van der Waals surface area contributed by atoms with Gasteiger partial charge in [-0.25, -0.2) is 0 Å². The quantitative estimate of drug-likeness (QED) is 0.389. The molecular weight excluding hydrogens is 506 g/mol. The smallest absolute Gasteiger partial charge is 0.306 e. The first-order chi connectivity index (χ1) is 19.1. The van der Waals surface area contributed by atoms with Gasteiger partial charge in [-0.3, -0.25) is 19.2 Å². The molecule has 2 N–H and O–H groups in total. The van der Waals surface area contributed by atoms with Crippen LogP contribution in [0.15, 0.2) is 42.0 Å². The van der Waals surface area contributed by atoms with Gasteiger partial charge in [0.1, 0.15) is 6.10 Å². The van der Waals surface area contributed by atoms with Crippen molar-refractivity contribution in [2.75, 3.05) is 6.54 Å². The zero-order chi connectivity index (χ0) is 28.5. The SMILES string of the molecule is C[C@]12CC[C@@H]3[C@@H](CCC4=CC(=O)CC[C@@]43C)[C@@H]1CC[C@@H]2OC(=O)CCC(=O)NC[C@@H](CC(=O)O)c1ccccc1. The predicted molar refractivity (Wildman–Crippen MR) is 150 cm³/mol. The second-order valence-corrected chi connectivity index (χ2v) is 13.1. The summed E-state index contributed by atoms with van der Waals surface area (Å²) in [5.41, 5.74) is 2.32. The molecule has 1 amide bonds. The zero-order valence-electron chi connectivity index (χ0n) is 23.8. The number of ether oxygens (including phenoxy) is 1. The van der Waals surface area contributed by atoms with Gasteiger partial charge in [-0.05, 0) is 79.8 Å². The van der Waals surface area contributed by atoms with E-state index < -0.39 is 5.97 Å². The van der Waals surface area contributed by atoms with Gasteiger partial charge in [-0.2, -0.15) is 0 Å². The fraction of sp³-hybridized carbons (Fsp3) is 0.636. The lowest BCUT2D eigenvalue weighted by atomic mass is 9.47. The molecule has 0 aliphatic heterocycles. The number of carbonyl (C=O) groups excluding carboxylic acids is 3. The maximum Gasteiger partial charge on any atom is 0.306 e. The minimum absolute atomic E-state index is 0.0182. The van der Waals surface area contributed by atoms with Crippen molar-refractivity contribution in [3.05, 3.63) is 47.5 Å². The Hall–Kier alpha value is -2.96. The van der Waals surface area contributed by atoms with E-state index in [4.69, 9.17) is 4.74 Å². The topological polar surface area (TPSA) is 110 Å². The summed E-state index contributed by atoms with van der Waals surface area (Å²) in [5.74, 6) is 0.145. The van der Waals surface area contributed by atoms with Crippen LogP contribution in [-0.4, -0.2) is 41.4 Å². The lowest BCUT2D eigenvalue weighted by Gasteiger charge is -2.57. The van der Waals surface area contributed by atoms with Crippen LogP contribution in [0.5, 0.6) is 0 Å². The predicted octanol–water partition coefficient (Wildman–Crippen LogP) is 5.59. The molecule has 0 bridgehead atoms. The summed E-state index contributed by atoms with van der Waals surface area (Å²) in [6.07, 6.45) is 9.60. The lowest BCUT2D eigenvalue weighted by Crippen LogP contribution is -2.51. The summed E-state index contributed by atoms with van der Waals surface area (Å²) < 4.78 is 6.05. The Bertz CT molecular complexity index is 1180. The van der Waals surface area contributed by atoms with Crippen LogP contribution in [0.25, 0.3) is 0 Å².